The van der Waals surface area contributed by atoms with E-state index in [1.165, 1.54) is 17.8 Å². The Balaban J connectivity index is 1.96. The summed E-state index contributed by atoms with van der Waals surface area (Å²) in [5.41, 5.74) is 3.88. The quantitative estimate of drug-likeness (QED) is 0.184. The second-order valence-electron chi connectivity index (χ2n) is 8.13. The van der Waals surface area contributed by atoms with Crippen molar-refractivity contribution in [3.05, 3.63) is 63.8 Å². The third-order valence-electron chi connectivity index (χ3n) is 6.09. The molecule has 0 bridgehead atoms. The van der Waals surface area contributed by atoms with Gasteiger partial charge in [0.1, 0.15) is 11.6 Å². The Bertz CT molecular complexity index is 1640. The number of methoxy groups -OCH3 is 1. The Morgan fingerprint density at radius 3 is 2.74 bits per heavy atom. The summed E-state index contributed by atoms with van der Waals surface area (Å²) in [5, 5.41) is 7.21. The molecule has 9 heteroatoms. The van der Waals surface area contributed by atoms with E-state index < -0.39 is 0 Å². The highest BCUT2D eigenvalue weighted by molar-refractivity contribution is 7.99. The van der Waals surface area contributed by atoms with Gasteiger partial charge >= 0.3 is 0 Å². The molecule has 1 N–H and O–H groups in total. The smallest absolute Gasteiger partial charge is 0.261 e. The first-order valence-electron chi connectivity index (χ1n) is 11.4. The first-order valence-corrected chi connectivity index (χ1v) is 12.4. The molecule has 0 aliphatic rings. The zero-order chi connectivity index (χ0) is 24.7. The van der Waals surface area contributed by atoms with Crippen molar-refractivity contribution in [1.82, 2.24) is 19.6 Å². The van der Waals surface area contributed by atoms with E-state index in [1.807, 2.05) is 32.9 Å². The van der Waals surface area contributed by atoms with Crippen LogP contribution in [-0.4, -0.2) is 39.2 Å². The maximum absolute atomic E-state index is 15.0. The van der Waals surface area contributed by atoms with E-state index in [-0.39, 0.29) is 18.2 Å². The molecule has 0 unspecified atom stereocenters. The number of H-pyrrole nitrogens is 1. The van der Waals surface area contributed by atoms with Crippen molar-refractivity contribution in [2.45, 2.75) is 32.3 Å². The topological polar surface area (TPSA) is 81.5 Å². The second-order valence-corrected chi connectivity index (χ2v) is 9.38. The summed E-state index contributed by atoms with van der Waals surface area (Å²) in [4.78, 5) is 20.8. The predicted octanol–water partition coefficient (Wildman–Crippen LogP) is 5.50. The summed E-state index contributed by atoms with van der Waals surface area (Å²) in [5.74, 6) is 1.10. The van der Waals surface area contributed by atoms with Crippen LogP contribution >= 0.6 is 11.8 Å². The lowest BCUT2D eigenvalue weighted by atomic mass is 9.93. The first kappa shape index (κ1) is 23.3. The molecular weight excluding hydrogens is 467 g/mol. The average molecular weight is 493 g/mol. The van der Waals surface area contributed by atoms with Crippen molar-refractivity contribution >= 4 is 39.0 Å². The van der Waals surface area contributed by atoms with Gasteiger partial charge in [0.2, 0.25) is 0 Å². The number of rotatable bonds is 7. The Kier molecular flexibility index (Phi) is 6.21. The van der Waals surface area contributed by atoms with Gasteiger partial charge in [-0.15, -0.1) is 0 Å². The number of aryl methyl sites for hydroxylation is 2. The third-order valence-corrected chi connectivity index (χ3v) is 6.85. The van der Waals surface area contributed by atoms with E-state index in [0.717, 1.165) is 33.3 Å². The van der Waals surface area contributed by atoms with E-state index in [2.05, 4.69) is 10.1 Å². The molecule has 3 aromatic heterocycles. The van der Waals surface area contributed by atoms with Crippen LogP contribution in [0.5, 0.6) is 5.75 Å². The van der Waals surface area contributed by atoms with Crippen molar-refractivity contribution in [1.29, 1.82) is 0 Å². The van der Waals surface area contributed by atoms with Crippen LogP contribution in [0.3, 0.4) is 0 Å². The molecular formula is C26H25FN4O3S. The van der Waals surface area contributed by atoms with Crippen LogP contribution in [0.1, 0.15) is 25.0 Å². The number of pyridine rings is 1. The molecule has 2 aromatic carbocycles. The molecule has 0 radical (unpaired) electrons. The fourth-order valence-corrected chi connectivity index (χ4v) is 5.25. The van der Waals surface area contributed by atoms with Gasteiger partial charge in [-0.1, -0.05) is 31.7 Å². The molecule has 0 aliphatic heterocycles. The van der Waals surface area contributed by atoms with Gasteiger partial charge in [0.25, 0.3) is 5.56 Å². The normalized spacial score (nSPS) is 11.7. The third kappa shape index (κ3) is 3.84. The number of aromatic amines is 1. The number of halogens is 1. The number of benzene rings is 2. The van der Waals surface area contributed by atoms with Gasteiger partial charge in [-0.25, -0.2) is 13.9 Å². The van der Waals surface area contributed by atoms with Crippen molar-refractivity contribution in [2.75, 3.05) is 19.7 Å². The molecule has 0 saturated carbocycles. The SMILES string of the molecule is CCSc1nc2c(C)c(-c3cc(OCOC)cc4ccc(F)c(CC)c34)n3nccc3c2c(=O)[nH]1. The van der Waals surface area contributed by atoms with Crippen LogP contribution in [-0.2, 0) is 11.2 Å². The molecule has 180 valence electrons. The van der Waals surface area contributed by atoms with Gasteiger partial charge in [-0.3, -0.25) is 4.79 Å². The molecule has 0 aliphatic carbocycles. The second kappa shape index (κ2) is 9.31. The van der Waals surface area contributed by atoms with Crippen LogP contribution in [0.4, 0.5) is 4.39 Å². The van der Waals surface area contributed by atoms with Crippen LogP contribution in [0, 0.1) is 12.7 Å². The van der Waals surface area contributed by atoms with Crippen molar-refractivity contribution < 1.29 is 13.9 Å². The zero-order valence-electron chi connectivity index (χ0n) is 19.9. The fraction of sp³-hybridized carbons (Fsp3) is 0.269. The number of fused-ring (bicyclic) bond motifs is 4. The molecule has 0 amide bonds. The molecule has 0 fully saturated rings. The maximum atomic E-state index is 15.0. The lowest BCUT2D eigenvalue weighted by molar-refractivity contribution is 0.0512. The summed E-state index contributed by atoms with van der Waals surface area (Å²) < 4.78 is 27.6. The van der Waals surface area contributed by atoms with E-state index >= 15 is 0 Å². The number of hydrogen-bond acceptors (Lipinski definition) is 6. The van der Waals surface area contributed by atoms with Gasteiger partial charge in [0.15, 0.2) is 11.9 Å². The largest absolute Gasteiger partial charge is 0.468 e. The van der Waals surface area contributed by atoms with Crippen LogP contribution in [0.2, 0.25) is 0 Å². The number of hydrogen-bond donors (Lipinski definition) is 1. The molecule has 7 nitrogen and oxygen atoms in total. The fourth-order valence-electron chi connectivity index (χ4n) is 4.66. The van der Waals surface area contributed by atoms with E-state index in [9.17, 15) is 9.18 Å². The number of thioether (sulfide) groups is 1. The lowest BCUT2D eigenvalue weighted by Crippen LogP contribution is -2.13. The number of aromatic nitrogens is 4. The molecule has 35 heavy (non-hydrogen) atoms. The minimum atomic E-state index is -0.266. The minimum Gasteiger partial charge on any atom is -0.468 e. The van der Waals surface area contributed by atoms with Gasteiger partial charge < -0.3 is 14.5 Å². The molecule has 3 heterocycles. The molecule has 0 atom stereocenters. The zero-order valence-corrected chi connectivity index (χ0v) is 20.8. The molecule has 0 saturated heterocycles. The first-order chi connectivity index (χ1) is 17.0. The van der Waals surface area contributed by atoms with Crippen molar-refractivity contribution in [3.63, 3.8) is 0 Å². The summed E-state index contributed by atoms with van der Waals surface area (Å²) in [7, 11) is 1.56. The predicted molar refractivity (Wildman–Crippen MR) is 137 cm³/mol. The molecule has 5 rings (SSSR count). The highest BCUT2D eigenvalue weighted by Gasteiger charge is 2.22. The summed E-state index contributed by atoms with van der Waals surface area (Å²) in [6, 6.07) is 8.79. The average Bonchev–Trinajstić information content (AvgIpc) is 3.32. The summed E-state index contributed by atoms with van der Waals surface area (Å²) >= 11 is 1.47. The standard InChI is InChI=1S/C26H25FN4O3S/c1-5-17-19(27)8-7-15-11-16(34-13-33-4)12-18(21(15)17)24-14(3)23-22(20-9-10-28-31(20)24)25(32)30-26(29-23)35-6-2/h7-12H,5-6,13H2,1-4H3,(H,29,30,32). The summed E-state index contributed by atoms with van der Waals surface area (Å²) in [6.07, 6.45) is 2.17. The van der Waals surface area contributed by atoms with Gasteiger partial charge in [-0.2, -0.15) is 5.10 Å². The number of ether oxygens (including phenoxy) is 2. The van der Waals surface area contributed by atoms with Crippen molar-refractivity contribution in [3.8, 4) is 17.0 Å². The van der Waals surface area contributed by atoms with Crippen LogP contribution < -0.4 is 10.3 Å². The Labute approximate surface area is 205 Å². The summed E-state index contributed by atoms with van der Waals surface area (Å²) in [6.45, 7) is 5.94. The van der Waals surface area contributed by atoms with E-state index in [0.29, 0.717) is 39.3 Å². The molecule has 0 spiro atoms. The monoisotopic (exact) mass is 492 g/mol. The highest BCUT2D eigenvalue weighted by atomic mass is 32.2. The number of nitrogens with one attached hydrogen (secondary N) is 1. The van der Waals surface area contributed by atoms with E-state index in [1.54, 1.807) is 30.0 Å². The Morgan fingerprint density at radius 2 is 2.00 bits per heavy atom. The van der Waals surface area contributed by atoms with Crippen LogP contribution in [0.15, 0.2) is 46.5 Å². The highest BCUT2D eigenvalue weighted by Crippen LogP contribution is 2.40. The van der Waals surface area contributed by atoms with E-state index in [4.69, 9.17) is 14.5 Å². The van der Waals surface area contributed by atoms with Crippen molar-refractivity contribution in [2.24, 2.45) is 0 Å². The van der Waals surface area contributed by atoms with Crippen LogP contribution in [0.25, 0.3) is 38.4 Å². The lowest BCUT2D eigenvalue weighted by Gasteiger charge is -2.18. The number of nitrogens with zero attached hydrogens (tertiary/aromatic N) is 3. The molecule has 5 aromatic rings. The Morgan fingerprint density at radius 1 is 1.17 bits per heavy atom. The van der Waals surface area contributed by atoms with Gasteiger partial charge in [0, 0.05) is 18.2 Å². The Hall–Kier alpha value is -3.43. The maximum Gasteiger partial charge on any atom is 0.261 e. The minimum absolute atomic E-state index is 0.0786. The van der Waals surface area contributed by atoms with Gasteiger partial charge in [0.05, 0.1) is 28.3 Å². The van der Waals surface area contributed by atoms with Gasteiger partial charge in [-0.05, 0) is 59.7 Å².